The van der Waals surface area contributed by atoms with Gasteiger partial charge in [0, 0.05) is 10.8 Å². The number of hydrogen-bond donors (Lipinski definition) is 1. The van der Waals surface area contributed by atoms with Crippen LogP contribution >= 0.6 is 11.8 Å². The molecule has 1 aromatic carbocycles. The maximum Gasteiger partial charge on any atom is 0.306 e. The van der Waals surface area contributed by atoms with Crippen LogP contribution in [0.2, 0.25) is 0 Å². The topological polar surface area (TPSA) is 58.9 Å². The SMILES string of the molecule is COc1ccc(C2=NC3CCC(C(=O)O)CC3S2)cc1. The van der Waals surface area contributed by atoms with Crippen molar-refractivity contribution in [1.29, 1.82) is 0 Å². The number of rotatable bonds is 3. The maximum atomic E-state index is 11.1. The van der Waals surface area contributed by atoms with Crippen molar-refractivity contribution in [2.24, 2.45) is 10.9 Å². The van der Waals surface area contributed by atoms with Crippen LogP contribution in [-0.2, 0) is 4.79 Å². The molecule has 2 aliphatic rings. The zero-order valence-electron chi connectivity index (χ0n) is 11.3. The van der Waals surface area contributed by atoms with Crippen LogP contribution in [0.25, 0.3) is 0 Å². The molecule has 5 heteroatoms. The summed E-state index contributed by atoms with van der Waals surface area (Å²) < 4.78 is 5.15. The molecule has 1 N–H and O–H groups in total. The summed E-state index contributed by atoms with van der Waals surface area (Å²) in [6, 6.07) is 8.17. The lowest BCUT2D eigenvalue weighted by Gasteiger charge is -2.27. The van der Waals surface area contributed by atoms with E-state index in [2.05, 4.69) is 0 Å². The third kappa shape index (κ3) is 2.54. The van der Waals surface area contributed by atoms with Crippen LogP contribution in [0.3, 0.4) is 0 Å². The van der Waals surface area contributed by atoms with Crippen molar-refractivity contribution in [3.63, 3.8) is 0 Å². The van der Waals surface area contributed by atoms with Crippen molar-refractivity contribution in [2.75, 3.05) is 7.11 Å². The number of ether oxygens (including phenoxy) is 1. The van der Waals surface area contributed by atoms with Crippen molar-refractivity contribution >= 4 is 22.8 Å². The highest BCUT2D eigenvalue weighted by Gasteiger charge is 2.38. The molecule has 0 spiro atoms. The van der Waals surface area contributed by atoms with Gasteiger partial charge in [-0.3, -0.25) is 9.79 Å². The number of hydrogen-bond acceptors (Lipinski definition) is 4. The van der Waals surface area contributed by atoms with Gasteiger partial charge in [-0.1, -0.05) is 0 Å². The zero-order chi connectivity index (χ0) is 14.1. The highest BCUT2D eigenvalue weighted by atomic mass is 32.2. The molecule has 4 nitrogen and oxygen atoms in total. The summed E-state index contributed by atoms with van der Waals surface area (Å²) >= 11 is 1.73. The van der Waals surface area contributed by atoms with Gasteiger partial charge in [0.25, 0.3) is 0 Å². The molecule has 1 saturated carbocycles. The van der Waals surface area contributed by atoms with Crippen LogP contribution in [0.15, 0.2) is 29.3 Å². The second-order valence-electron chi connectivity index (χ2n) is 5.23. The first-order valence-corrected chi connectivity index (χ1v) is 7.67. The van der Waals surface area contributed by atoms with Crippen molar-refractivity contribution in [3.8, 4) is 5.75 Å². The quantitative estimate of drug-likeness (QED) is 0.930. The summed E-state index contributed by atoms with van der Waals surface area (Å²) in [5.41, 5.74) is 1.09. The van der Waals surface area contributed by atoms with E-state index in [0.717, 1.165) is 35.6 Å². The second-order valence-corrected chi connectivity index (χ2v) is 6.46. The molecule has 1 aliphatic carbocycles. The van der Waals surface area contributed by atoms with Gasteiger partial charge >= 0.3 is 5.97 Å². The van der Waals surface area contributed by atoms with Gasteiger partial charge < -0.3 is 9.84 Å². The number of carboxylic acids is 1. The number of thioether (sulfide) groups is 1. The largest absolute Gasteiger partial charge is 0.497 e. The number of aliphatic carboxylic acids is 1. The first-order chi connectivity index (χ1) is 9.67. The van der Waals surface area contributed by atoms with Crippen molar-refractivity contribution in [2.45, 2.75) is 30.6 Å². The fourth-order valence-electron chi connectivity index (χ4n) is 2.81. The Kier molecular flexibility index (Phi) is 3.70. The van der Waals surface area contributed by atoms with E-state index in [-0.39, 0.29) is 12.0 Å². The highest BCUT2D eigenvalue weighted by Crippen LogP contribution is 2.41. The number of carbonyl (C=O) groups is 1. The number of fused-ring (bicyclic) bond motifs is 1. The van der Waals surface area contributed by atoms with E-state index in [1.54, 1.807) is 18.9 Å². The third-order valence-electron chi connectivity index (χ3n) is 3.99. The van der Waals surface area contributed by atoms with Gasteiger partial charge in [0.05, 0.1) is 24.1 Å². The molecule has 1 fully saturated rings. The average molecular weight is 291 g/mol. The molecule has 1 heterocycles. The van der Waals surface area contributed by atoms with Gasteiger partial charge in [-0.25, -0.2) is 0 Å². The molecule has 0 aromatic heterocycles. The smallest absolute Gasteiger partial charge is 0.306 e. The van der Waals surface area contributed by atoms with Crippen molar-refractivity contribution < 1.29 is 14.6 Å². The van der Waals surface area contributed by atoms with Gasteiger partial charge in [0.15, 0.2) is 0 Å². The van der Waals surface area contributed by atoms with E-state index in [1.807, 2.05) is 24.3 Å². The van der Waals surface area contributed by atoms with Crippen LogP contribution in [0.1, 0.15) is 24.8 Å². The normalized spacial score (nSPS) is 28.6. The minimum atomic E-state index is -0.665. The third-order valence-corrected chi connectivity index (χ3v) is 5.36. The molecule has 3 rings (SSSR count). The summed E-state index contributed by atoms with van der Waals surface area (Å²) in [6.07, 6.45) is 2.36. The van der Waals surface area contributed by atoms with Crippen molar-refractivity contribution in [3.05, 3.63) is 29.8 Å². The molecule has 1 aliphatic heterocycles. The van der Waals surface area contributed by atoms with Crippen molar-refractivity contribution in [1.82, 2.24) is 0 Å². The lowest BCUT2D eigenvalue weighted by atomic mass is 9.86. The van der Waals surface area contributed by atoms with E-state index >= 15 is 0 Å². The Morgan fingerprint density at radius 2 is 2.10 bits per heavy atom. The fraction of sp³-hybridized carbons (Fsp3) is 0.467. The molecule has 1 aromatic rings. The van der Waals surface area contributed by atoms with Gasteiger partial charge in [-0.15, -0.1) is 11.8 Å². The monoisotopic (exact) mass is 291 g/mol. The van der Waals surface area contributed by atoms with Gasteiger partial charge in [-0.2, -0.15) is 0 Å². The van der Waals surface area contributed by atoms with E-state index in [4.69, 9.17) is 14.8 Å². The summed E-state index contributed by atoms with van der Waals surface area (Å²) in [6.45, 7) is 0. The number of benzene rings is 1. The van der Waals surface area contributed by atoms with Crippen LogP contribution < -0.4 is 4.74 Å². The van der Waals surface area contributed by atoms with Crippen LogP contribution in [-0.4, -0.2) is 34.5 Å². The predicted octanol–water partition coefficient (Wildman–Crippen LogP) is 2.81. The predicted molar refractivity (Wildman–Crippen MR) is 79.7 cm³/mol. The highest BCUT2D eigenvalue weighted by molar-refractivity contribution is 8.15. The standard InChI is InChI=1S/C15H17NO3S/c1-19-11-5-2-9(3-6-11)14-16-12-7-4-10(15(17)18)8-13(12)20-14/h2-3,5-6,10,12-13H,4,7-8H2,1H3,(H,17,18). The number of nitrogens with zero attached hydrogens (tertiary/aromatic N) is 1. The van der Waals surface area contributed by atoms with E-state index in [0.29, 0.717) is 5.25 Å². The Balaban J connectivity index is 1.73. The Morgan fingerprint density at radius 3 is 2.75 bits per heavy atom. The average Bonchev–Trinajstić information content (AvgIpc) is 2.90. The van der Waals surface area contributed by atoms with Crippen LogP contribution in [0.4, 0.5) is 0 Å². The van der Waals surface area contributed by atoms with Gasteiger partial charge in [-0.05, 0) is 43.5 Å². The number of aliphatic imine (C=N–C) groups is 1. The Morgan fingerprint density at radius 1 is 1.35 bits per heavy atom. The first-order valence-electron chi connectivity index (χ1n) is 6.79. The van der Waals surface area contributed by atoms with E-state index in [1.165, 1.54) is 0 Å². The molecular formula is C15H17NO3S. The molecule has 3 unspecified atom stereocenters. The molecule has 0 saturated heterocycles. The first kappa shape index (κ1) is 13.5. The lowest BCUT2D eigenvalue weighted by molar-refractivity contribution is -0.142. The number of carboxylic acid groups (broad SMARTS) is 1. The Labute approximate surface area is 122 Å². The second kappa shape index (κ2) is 5.48. The molecule has 0 amide bonds. The minimum Gasteiger partial charge on any atom is -0.497 e. The number of methoxy groups -OCH3 is 1. The van der Waals surface area contributed by atoms with Crippen LogP contribution in [0, 0.1) is 5.92 Å². The summed E-state index contributed by atoms with van der Waals surface area (Å²) in [5.74, 6) is -0.0307. The molecular weight excluding hydrogens is 274 g/mol. The molecule has 3 atom stereocenters. The molecule has 0 bridgehead atoms. The van der Waals surface area contributed by atoms with E-state index in [9.17, 15) is 4.79 Å². The molecule has 106 valence electrons. The Hall–Kier alpha value is -1.49. The fourth-order valence-corrected chi connectivity index (χ4v) is 4.25. The lowest BCUT2D eigenvalue weighted by Crippen LogP contribution is -2.31. The van der Waals surface area contributed by atoms with Gasteiger partial charge in [0.1, 0.15) is 5.75 Å². The molecule has 20 heavy (non-hydrogen) atoms. The summed E-state index contributed by atoms with van der Waals surface area (Å²) in [5, 5.41) is 10.5. The summed E-state index contributed by atoms with van der Waals surface area (Å²) in [7, 11) is 1.65. The van der Waals surface area contributed by atoms with Gasteiger partial charge in [0.2, 0.25) is 0 Å². The molecule has 0 radical (unpaired) electrons. The summed E-state index contributed by atoms with van der Waals surface area (Å²) in [4.78, 5) is 15.9. The maximum absolute atomic E-state index is 11.1. The van der Waals surface area contributed by atoms with Crippen LogP contribution in [0.5, 0.6) is 5.75 Å². The minimum absolute atomic E-state index is 0.200. The zero-order valence-corrected chi connectivity index (χ0v) is 12.1. The van der Waals surface area contributed by atoms with E-state index < -0.39 is 5.97 Å². The Bertz CT molecular complexity index is 541.